The molecular formula is C12H15N3O2. The first-order valence-electron chi connectivity index (χ1n) is 5.39. The Morgan fingerprint density at radius 3 is 2.29 bits per heavy atom. The van der Waals surface area contributed by atoms with Gasteiger partial charge in [0.2, 0.25) is 0 Å². The third-order valence-corrected chi connectivity index (χ3v) is 2.57. The van der Waals surface area contributed by atoms with Crippen molar-refractivity contribution in [2.24, 2.45) is 0 Å². The van der Waals surface area contributed by atoms with Crippen LogP contribution in [0.4, 0.5) is 0 Å². The van der Waals surface area contributed by atoms with Crippen LogP contribution in [0.1, 0.15) is 6.92 Å². The first-order valence-corrected chi connectivity index (χ1v) is 5.39. The number of benzene rings is 1. The number of rotatable bonds is 4. The maximum Gasteiger partial charge on any atom is 0.164 e. The summed E-state index contributed by atoms with van der Waals surface area (Å²) in [6.07, 6.45) is 1.71. The predicted molar refractivity (Wildman–Crippen MR) is 64.2 cm³/mol. The number of aromatic nitrogens is 3. The summed E-state index contributed by atoms with van der Waals surface area (Å²) in [6, 6.07) is 5.66. The van der Waals surface area contributed by atoms with Crippen LogP contribution in [0.5, 0.6) is 11.5 Å². The highest BCUT2D eigenvalue weighted by Crippen LogP contribution is 2.28. The minimum Gasteiger partial charge on any atom is -0.497 e. The summed E-state index contributed by atoms with van der Waals surface area (Å²) < 4.78 is 12.4. The molecule has 0 aliphatic carbocycles. The molecule has 0 aliphatic heterocycles. The zero-order chi connectivity index (χ0) is 12.3. The minimum absolute atomic E-state index is 0.741. The Bertz CT molecular complexity index is 486. The average Bonchev–Trinajstić information content (AvgIpc) is 2.86. The molecule has 0 N–H and O–H groups in total. The van der Waals surface area contributed by atoms with E-state index >= 15 is 0 Å². The van der Waals surface area contributed by atoms with Gasteiger partial charge in [-0.25, -0.2) is 0 Å². The summed E-state index contributed by atoms with van der Waals surface area (Å²) in [6.45, 7) is 2.87. The largest absolute Gasteiger partial charge is 0.497 e. The van der Waals surface area contributed by atoms with Crippen LogP contribution in [0.15, 0.2) is 24.5 Å². The molecule has 5 nitrogen and oxygen atoms in total. The van der Waals surface area contributed by atoms with E-state index < -0.39 is 0 Å². The predicted octanol–water partition coefficient (Wildman–Crippen LogP) is 1.98. The molecule has 1 aromatic heterocycles. The third kappa shape index (κ3) is 2.22. The monoisotopic (exact) mass is 233 g/mol. The first-order chi connectivity index (χ1) is 8.28. The first kappa shape index (κ1) is 11.4. The van der Waals surface area contributed by atoms with E-state index in [0.29, 0.717) is 0 Å². The topological polar surface area (TPSA) is 49.2 Å². The molecule has 5 heteroatoms. The molecule has 0 bridgehead atoms. The summed E-state index contributed by atoms with van der Waals surface area (Å²) in [5.74, 6) is 2.29. The Labute approximate surface area is 100 Å². The molecule has 0 amide bonds. The molecule has 0 unspecified atom stereocenters. The van der Waals surface area contributed by atoms with Crippen LogP contribution in [-0.2, 0) is 6.54 Å². The normalized spacial score (nSPS) is 10.3. The van der Waals surface area contributed by atoms with Crippen molar-refractivity contribution in [3.8, 4) is 22.9 Å². The highest BCUT2D eigenvalue weighted by molar-refractivity contribution is 5.61. The lowest BCUT2D eigenvalue weighted by molar-refractivity contribution is 0.394. The summed E-state index contributed by atoms with van der Waals surface area (Å²) >= 11 is 0. The van der Waals surface area contributed by atoms with Gasteiger partial charge in [-0.1, -0.05) is 0 Å². The van der Waals surface area contributed by atoms with Crippen LogP contribution in [-0.4, -0.2) is 29.0 Å². The standard InChI is InChI=1S/C12H15N3O2/c1-4-15-8-13-14-12(15)9-5-10(16-2)7-11(6-9)17-3/h5-8H,4H2,1-3H3. The zero-order valence-corrected chi connectivity index (χ0v) is 10.2. The van der Waals surface area contributed by atoms with Gasteiger partial charge in [0.25, 0.3) is 0 Å². The van der Waals surface area contributed by atoms with Gasteiger partial charge >= 0.3 is 0 Å². The number of ether oxygens (including phenoxy) is 2. The van der Waals surface area contributed by atoms with E-state index in [2.05, 4.69) is 10.2 Å². The van der Waals surface area contributed by atoms with Gasteiger partial charge in [-0.2, -0.15) is 0 Å². The molecule has 1 heterocycles. The van der Waals surface area contributed by atoms with Crippen molar-refractivity contribution in [3.63, 3.8) is 0 Å². The van der Waals surface area contributed by atoms with Crippen LogP contribution < -0.4 is 9.47 Å². The van der Waals surface area contributed by atoms with Crippen LogP contribution in [0, 0.1) is 0 Å². The molecule has 0 fully saturated rings. The average molecular weight is 233 g/mol. The van der Waals surface area contributed by atoms with Gasteiger partial charge in [0.1, 0.15) is 17.8 Å². The quantitative estimate of drug-likeness (QED) is 0.810. The Hall–Kier alpha value is -2.04. The molecule has 0 saturated carbocycles. The second-order valence-corrected chi connectivity index (χ2v) is 3.54. The molecule has 0 saturated heterocycles. The number of hydrogen-bond acceptors (Lipinski definition) is 4. The third-order valence-electron chi connectivity index (χ3n) is 2.57. The van der Waals surface area contributed by atoms with Gasteiger partial charge in [-0.3, -0.25) is 0 Å². The fourth-order valence-electron chi connectivity index (χ4n) is 1.65. The summed E-state index contributed by atoms with van der Waals surface area (Å²) in [4.78, 5) is 0. The van der Waals surface area contributed by atoms with Crippen molar-refractivity contribution >= 4 is 0 Å². The number of hydrogen-bond donors (Lipinski definition) is 0. The maximum absolute atomic E-state index is 5.23. The lowest BCUT2D eigenvalue weighted by atomic mass is 10.2. The van der Waals surface area contributed by atoms with E-state index in [1.54, 1.807) is 20.5 Å². The van der Waals surface area contributed by atoms with Crippen molar-refractivity contribution in [1.82, 2.24) is 14.8 Å². The molecule has 2 rings (SSSR count). The van der Waals surface area contributed by atoms with E-state index in [1.807, 2.05) is 29.7 Å². The van der Waals surface area contributed by atoms with E-state index in [-0.39, 0.29) is 0 Å². The Kier molecular flexibility index (Phi) is 3.27. The van der Waals surface area contributed by atoms with Gasteiger partial charge in [-0.15, -0.1) is 10.2 Å². The fourth-order valence-corrected chi connectivity index (χ4v) is 1.65. The zero-order valence-electron chi connectivity index (χ0n) is 10.2. The molecule has 90 valence electrons. The van der Waals surface area contributed by atoms with Gasteiger partial charge in [0, 0.05) is 18.2 Å². The molecule has 0 aliphatic rings. The Balaban J connectivity index is 2.51. The van der Waals surface area contributed by atoms with Crippen LogP contribution >= 0.6 is 0 Å². The molecule has 0 spiro atoms. The van der Waals surface area contributed by atoms with Gasteiger partial charge in [0.05, 0.1) is 14.2 Å². The van der Waals surface area contributed by atoms with Crippen LogP contribution in [0.2, 0.25) is 0 Å². The fraction of sp³-hybridized carbons (Fsp3) is 0.333. The SMILES string of the molecule is CCn1cnnc1-c1cc(OC)cc(OC)c1. The van der Waals surface area contributed by atoms with Crippen molar-refractivity contribution in [3.05, 3.63) is 24.5 Å². The minimum atomic E-state index is 0.741. The molecular weight excluding hydrogens is 218 g/mol. The van der Waals surface area contributed by atoms with E-state index in [9.17, 15) is 0 Å². The summed E-state index contributed by atoms with van der Waals surface area (Å²) in [5, 5.41) is 8.02. The van der Waals surface area contributed by atoms with Crippen molar-refractivity contribution in [2.75, 3.05) is 14.2 Å². The van der Waals surface area contributed by atoms with Crippen molar-refractivity contribution in [2.45, 2.75) is 13.5 Å². The Morgan fingerprint density at radius 2 is 1.76 bits per heavy atom. The summed E-state index contributed by atoms with van der Waals surface area (Å²) in [5.41, 5.74) is 0.931. The molecule has 0 radical (unpaired) electrons. The van der Waals surface area contributed by atoms with Crippen LogP contribution in [0.3, 0.4) is 0 Å². The van der Waals surface area contributed by atoms with E-state index in [0.717, 1.165) is 29.4 Å². The molecule has 2 aromatic rings. The molecule has 0 atom stereocenters. The van der Waals surface area contributed by atoms with Gasteiger partial charge in [-0.05, 0) is 19.1 Å². The molecule has 17 heavy (non-hydrogen) atoms. The van der Waals surface area contributed by atoms with E-state index in [4.69, 9.17) is 9.47 Å². The highest BCUT2D eigenvalue weighted by Gasteiger charge is 2.09. The smallest absolute Gasteiger partial charge is 0.164 e. The van der Waals surface area contributed by atoms with Crippen molar-refractivity contribution in [1.29, 1.82) is 0 Å². The maximum atomic E-state index is 5.23. The van der Waals surface area contributed by atoms with E-state index in [1.165, 1.54) is 0 Å². The molecule has 1 aromatic carbocycles. The van der Waals surface area contributed by atoms with Gasteiger partial charge < -0.3 is 14.0 Å². The second kappa shape index (κ2) is 4.86. The summed E-state index contributed by atoms with van der Waals surface area (Å²) in [7, 11) is 3.26. The second-order valence-electron chi connectivity index (χ2n) is 3.54. The lowest BCUT2D eigenvalue weighted by Crippen LogP contribution is -1.97. The number of methoxy groups -OCH3 is 2. The highest BCUT2D eigenvalue weighted by atomic mass is 16.5. The number of nitrogens with zero attached hydrogens (tertiary/aromatic N) is 3. The van der Waals surface area contributed by atoms with Crippen molar-refractivity contribution < 1.29 is 9.47 Å². The number of aryl methyl sites for hydroxylation is 1. The lowest BCUT2D eigenvalue weighted by Gasteiger charge is -2.08. The Morgan fingerprint density at radius 1 is 1.12 bits per heavy atom. The van der Waals surface area contributed by atoms with Crippen LogP contribution in [0.25, 0.3) is 11.4 Å². The van der Waals surface area contributed by atoms with Gasteiger partial charge in [0.15, 0.2) is 5.82 Å².